The summed E-state index contributed by atoms with van der Waals surface area (Å²) in [6.07, 6.45) is 6.38. The minimum atomic E-state index is -5.11. The zero-order valence-corrected chi connectivity index (χ0v) is 16.4. The molecule has 0 amide bonds. The highest BCUT2D eigenvalue weighted by Crippen LogP contribution is 2.39. The molecule has 28 heavy (non-hydrogen) atoms. The second-order valence-electron chi connectivity index (χ2n) is 8.55. The molecule has 3 rings (SSSR count). The molecule has 1 fully saturated rings. The summed E-state index contributed by atoms with van der Waals surface area (Å²) in [6, 6.07) is 1.03. The van der Waals surface area contributed by atoms with E-state index in [4.69, 9.17) is 0 Å². The van der Waals surface area contributed by atoms with Crippen LogP contribution in [0.2, 0.25) is 0 Å². The molecule has 0 aromatic heterocycles. The van der Waals surface area contributed by atoms with Crippen LogP contribution in [0.5, 0.6) is 5.75 Å². The van der Waals surface area contributed by atoms with Gasteiger partial charge in [0.2, 0.25) is 5.75 Å². The Balaban J connectivity index is 1.56. The number of fused-ring (bicyclic) bond motifs is 1. The Morgan fingerprint density at radius 2 is 1.54 bits per heavy atom. The maximum Gasteiger partial charge on any atom is 0.573 e. The lowest BCUT2D eigenvalue weighted by Crippen LogP contribution is -2.22. The van der Waals surface area contributed by atoms with E-state index >= 15 is 0 Å². The number of rotatable bonds is 6. The second kappa shape index (κ2) is 9.00. The van der Waals surface area contributed by atoms with E-state index in [1.54, 1.807) is 0 Å². The lowest BCUT2D eigenvalue weighted by atomic mass is 9.75. The summed E-state index contributed by atoms with van der Waals surface area (Å²) >= 11 is 0. The molecular weight excluding hydrogens is 375 g/mol. The first-order chi connectivity index (χ1) is 13.3. The minimum absolute atomic E-state index is 0.178. The molecule has 0 aliphatic heterocycles. The quantitative estimate of drug-likeness (QED) is 0.450. The van der Waals surface area contributed by atoms with Crippen LogP contribution in [0.4, 0.5) is 22.0 Å². The zero-order chi connectivity index (χ0) is 20.3. The molecule has 0 radical (unpaired) electrons. The number of halogens is 5. The van der Waals surface area contributed by atoms with Crippen LogP contribution in [-0.4, -0.2) is 6.36 Å². The van der Waals surface area contributed by atoms with E-state index in [9.17, 15) is 22.0 Å². The van der Waals surface area contributed by atoms with Gasteiger partial charge < -0.3 is 4.74 Å². The lowest BCUT2D eigenvalue weighted by molar-refractivity contribution is -0.276. The van der Waals surface area contributed by atoms with Crippen molar-refractivity contribution in [3.63, 3.8) is 0 Å². The maximum atomic E-state index is 14.4. The average Bonchev–Trinajstić information content (AvgIpc) is 2.64. The van der Waals surface area contributed by atoms with Gasteiger partial charge in [-0.2, -0.15) is 0 Å². The van der Waals surface area contributed by atoms with Crippen LogP contribution in [0.1, 0.15) is 75.8 Å². The molecule has 158 valence electrons. The third-order valence-electron chi connectivity index (χ3n) is 6.55. The van der Waals surface area contributed by atoms with E-state index in [0.29, 0.717) is 24.3 Å². The zero-order valence-electron chi connectivity index (χ0n) is 16.4. The van der Waals surface area contributed by atoms with Crippen molar-refractivity contribution in [1.82, 2.24) is 0 Å². The van der Waals surface area contributed by atoms with Crippen molar-refractivity contribution >= 4 is 0 Å². The fourth-order valence-corrected chi connectivity index (χ4v) is 5.05. The molecule has 1 aromatic rings. The van der Waals surface area contributed by atoms with Crippen molar-refractivity contribution in [2.45, 2.75) is 83.9 Å². The van der Waals surface area contributed by atoms with Gasteiger partial charge >= 0.3 is 6.36 Å². The molecule has 1 nitrogen and oxygen atoms in total. The van der Waals surface area contributed by atoms with Crippen LogP contribution < -0.4 is 4.74 Å². The molecule has 0 bridgehead atoms. The fourth-order valence-electron chi connectivity index (χ4n) is 5.05. The Hall–Kier alpha value is -1.33. The Labute approximate surface area is 163 Å². The molecular formula is C22H29F5O. The van der Waals surface area contributed by atoms with Crippen LogP contribution >= 0.6 is 0 Å². The second-order valence-corrected chi connectivity index (χ2v) is 8.55. The molecule has 0 saturated heterocycles. The predicted octanol–water partition coefficient (Wildman–Crippen LogP) is 7.36. The van der Waals surface area contributed by atoms with Crippen molar-refractivity contribution < 1.29 is 26.7 Å². The Bertz CT molecular complexity index is 662. The summed E-state index contributed by atoms with van der Waals surface area (Å²) in [4.78, 5) is 0. The molecule has 6 heteroatoms. The van der Waals surface area contributed by atoms with Crippen LogP contribution in [0.3, 0.4) is 0 Å². The molecule has 2 aliphatic rings. The predicted molar refractivity (Wildman–Crippen MR) is 98.1 cm³/mol. The Kier molecular flexibility index (Phi) is 6.87. The van der Waals surface area contributed by atoms with Gasteiger partial charge in [0.1, 0.15) is 0 Å². The van der Waals surface area contributed by atoms with E-state index in [-0.39, 0.29) is 5.56 Å². The molecule has 0 N–H and O–H groups in total. The van der Waals surface area contributed by atoms with Gasteiger partial charge in [-0.15, -0.1) is 13.2 Å². The highest BCUT2D eigenvalue weighted by molar-refractivity contribution is 5.40. The molecule has 0 heterocycles. The van der Waals surface area contributed by atoms with Crippen LogP contribution in [0.25, 0.3) is 0 Å². The summed E-state index contributed by atoms with van der Waals surface area (Å²) < 4.78 is 69.1. The minimum Gasteiger partial charge on any atom is -0.399 e. The van der Waals surface area contributed by atoms with Crippen molar-refractivity contribution in [2.75, 3.05) is 0 Å². The molecule has 1 atom stereocenters. The fraction of sp³-hybridized carbons (Fsp3) is 0.727. The third kappa shape index (κ3) is 5.38. The van der Waals surface area contributed by atoms with Gasteiger partial charge in [0.05, 0.1) is 0 Å². The van der Waals surface area contributed by atoms with Gasteiger partial charge in [0.15, 0.2) is 11.6 Å². The van der Waals surface area contributed by atoms with E-state index in [2.05, 4.69) is 11.7 Å². The van der Waals surface area contributed by atoms with E-state index in [1.165, 1.54) is 38.5 Å². The number of hydrogen-bond acceptors (Lipinski definition) is 1. The highest BCUT2D eigenvalue weighted by atomic mass is 19.4. The number of benzene rings is 1. The molecule has 0 spiro atoms. The van der Waals surface area contributed by atoms with Crippen molar-refractivity contribution in [2.24, 2.45) is 17.8 Å². The van der Waals surface area contributed by atoms with Crippen LogP contribution in [0.15, 0.2) is 6.07 Å². The molecule has 1 unspecified atom stereocenters. The summed E-state index contributed by atoms with van der Waals surface area (Å²) in [6.45, 7) is 2.23. The SMILES string of the molecule is CCCC1CCC(CCC2CCc3c(cc(F)c(OC(F)(F)F)c3F)C2)CC1. The number of alkyl halides is 3. The number of ether oxygens (including phenoxy) is 1. The largest absolute Gasteiger partial charge is 0.573 e. The van der Waals surface area contributed by atoms with E-state index in [0.717, 1.165) is 37.2 Å². The van der Waals surface area contributed by atoms with Gasteiger partial charge in [-0.3, -0.25) is 0 Å². The third-order valence-corrected chi connectivity index (χ3v) is 6.55. The van der Waals surface area contributed by atoms with Crippen LogP contribution in [-0.2, 0) is 12.8 Å². The van der Waals surface area contributed by atoms with Gasteiger partial charge in [0, 0.05) is 0 Å². The molecule has 2 aliphatic carbocycles. The van der Waals surface area contributed by atoms with Gasteiger partial charge in [-0.1, -0.05) is 51.9 Å². The summed E-state index contributed by atoms with van der Waals surface area (Å²) in [5.74, 6) is -1.83. The average molecular weight is 404 g/mol. The normalized spacial score (nSPS) is 25.4. The first-order valence-corrected chi connectivity index (χ1v) is 10.5. The van der Waals surface area contributed by atoms with Gasteiger partial charge in [0.25, 0.3) is 0 Å². The van der Waals surface area contributed by atoms with Crippen molar-refractivity contribution in [3.05, 3.63) is 28.8 Å². The first kappa shape index (κ1) is 21.4. The Morgan fingerprint density at radius 1 is 0.929 bits per heavy atom. The molecule has 1 aromatic carbocycles. The number of hydrogen-bond donors (Lipinski definition) is 0. The van der Waals surface area contributed by atoms with Crippen molar-refractivity contribution in [1.29, 1.82) is 0 Å². The lowest BCUT2D eigenvalue weighted by Gasteiger charge is -2.31. The first-order valence-electron chi connectivity index (χ1n) is 10.5. The monoisotopic (exact) mass is 404 g/mol. The summed E-state index contributed by atoms with van der Waals surface area (Å²) in [7, 11) is 0. The topological polar surface area (TPSA) is 9.23 Å². The van der Waals surface area contributed by atoms with Gasteiger partial charge in [-0.05, 0) is 60.6 Å². The molecule has 1 saturated carbocycles. The van der Waals surface area contributed by atoms with Crippen LogP contribution in [0, 0.1) is 29.4 Å². The maximum absolute atomic E-state index is 14.4. The van der Waals surface area contributed by atoms with Crippen molar-refractivity contribution in [3.8, 4) is 5.75 Å². The van der Waals surface area contributed by atoms with E-state index < -0.39 is 23.7 Å². The Morgan fingerprint density at radius 3 is 2.14 bits per heavy atom. The summed E-state index contributed by atoms with van der Waals surface area (Å²) in [5.41, 5.74) is 0.671. The summed E-state index contributed by atoms with van der Waals surface area (Å²) in [5, 5.41) is 0. The smallest absolute Gasteiger partial charge is 0.399 e. The highest BCUT2D eigenvalue weighted by Gasteiger charge is 2.36. The van der Waals surface area contributed by atoms with E-state index in [1.807, 2.05) is 0 Å². The standard InChI is InChI=1S/C22H29F5O/c1-2-3-14-4-6-15(7-5-14)8-9-16-10-11-18-17(12-16)13-19(23)21(20(18)24)28-22(25,26)27/h13-16H,2-12H2,1H3. The van der Waals surface area contributed by atoms with Gasteiger partial charge in [-0.25, -0.2) is 8.78 Å².